The summed E-state index contributed by atoms with van der Waals surface area (Å²) in [5, 5.41) is 22.9. The second-order valence-corrected chi connectivity index (χ2v) is 8.24. The highest BCUT2D eigenvalue weighted by Crippen LogP contribution is 2.45. The number of hydrogen-bond donors (Lipinski definition) is 0. The summed E-state index contributed by atoms with van der Waals surface area (Å²) in [5.74, 6) is 0.236. The highest BCUT2D eigenvalue weighted by Gasteiger charge is 2.37. The first-order valence-corrected chi connectivity index (χ1v) is 9.40. The second kappa shape index (κ2) is 9.81. The van der Waals surface area contributed by atoms with Crippen molar-refractivity contribution in [3.05, 3.63) is 58.8 Å². The van der Waals surface area contributed by atoms with Gasteiger partial charge in [0.15, 0.2) is 0 Å². The van der Waals surface area contributed by atoms with Crippen LogP contribution in [0.5, 0.6) is 5.75 Å². The molecule has 0 aromatic heterocycles. The van der Waals surface area contributed by atoms with E-state index in [1.54, 1.807) is 20.8 Å². The molecule has 11 heteroatoms. The van der Waals surface area contributed by atoms with E-state index in [9.17, 15) is 25.0 Å². The molecule has 0 fully saturated rings. The van der Waals surface area contributed by atoms with E-state index in [0.717, 1.165) is 6.07 Å². The minimum Gasteiger partial charge on any atom is -0.495 e. The van der Waals surface area contributed by atoms with Gasteiger partial charge in [0, 0.05) is 11.6 Å². The lowest BCUT2D eigenvalue weighted by molar-refractivity contribution is -0.395. The third-order valence-electron chi connectivity index (χ3n) is 4.16. The smallest absolute Gasteiger partial charge is 0.349 e. The summed E-state index contributed by atoms with van der Waals surface area (Å²) in [7, 11) is 1.22. The predicted molar refractivity (Wildman–Crippen MR) is 116 cm³/mol. The number of halogens is 2. The van der Waals surface area contributed by atoms with Crippen LogP contribution >= 0.6 is 23.2 Å². The first kappa shape index (κ1) is 25.9. The van der Waals surface area contributed by atoms with Crippen LogP contribution in [0, 0.1) is 39.5 Å². The van der Waals surface area contributed by atoms with Crippen LogP contribution < -0.4 is 4.74 Å². The van der Waals surface area contributed by atoms with Gasteiger partial charge in [0.05, 0.1) is 22.0 Å². The lowest BCUT2D eigenvalue weighted by Crippen LogP contribution is -2.21. The summed E-state index contributed by atoms with van der Waals surface area (Å²) in [5.41, 5.74) is -2.73. The summed E-state index contributed by atoms with van der Waals surface area (Å²) < 4.78 is 10.5. The van der Waals surface area contributed by atoms with Crippen molar-refractivity contribution in [3.63, 3.8) is 0 Å². The maximum Gasteiger partial charge on any atom is 0.349 e. The number of carbonyl (C=O) groups excluding carboxylic acids is 1. The minimum absolute atomic E-state index is 0.0216. The molecule has 1 rings (SSSR count). The molecule has 0 atom stereocenters. The number of rotatable bonds is 6. The SMILES string of the molecule is C#C/C(Cl)=C(C(=O)Oc1c(C(C)(C)C)cc([N+](=O)[O-])c(C)c1[N+](=O)[O-])\C(OC)=C(/C)Cl. The predicted octanol–water partition coefficient (Wildman–Crippen LogP) is 5.26. The standard InChI is InChI=1S/C20H20Cl2N2O7/c1-8-13(22)15(17(30-7)11(3)21)19(25)31-18-12(20(4,5)6)9-14(23(26)27)10(2)16(18)24(28)29/h1,9H,2-7H3/b15-13-,17-11-. The summed E-state index contributed by atoms with van der Waals surface area (Å²) in [6.45, 7) is 7.55. The third-order valence-corrected chi connectivity index (χ3v) is 4.63. The Balaban J connectivity index is 3.95. The Morgan fingerprint density at radius 2 is 1.74 bits per heavy atom. The van der Waals surface area contributed by atoms with Gasteiger partial charge in [-0.3, -0.25) is 20.2 Å². The van der Waals surface area contributed by atoms with E-state index in [2.05, 4.69) is 5.92 Å². The van der Waals surface area contributed by atoms with Gasteiger partial charge in [0.25, 0.3) is 5.69 Å². The Labute approximate surface area is 188 Å². The molecule has 0 N–H and O–H groups in total. The molecule has 166 valence electrons. The molecule has 0 saturated carbocycles. The number of ether oxygens (including phenoxy) is 2. The van der Waals surface area contributed by atoms with Gasteiger partial charge in [-0.25, -0.2) is 4.79 Å². The average molecular weight is 471 g/mol. The molecule has 0 aliphatic carbocycles. The van der Waals surface area contributed by atoms with Crippen molar-refractivity contribution in [3.8, 4) is 18.1 Å². The number of esters is 1. The second-order valence-electron chi connectivity index (χ2n) is 7.30. The molecular weight excluding hydrogens is 451 g/mol. The zero-order chi connectivity index (χ0) is 24.3. The molecule has 9 nitrogen and oxygen atoms in total. The average Bonchev–Trinajstić information content (AvgIpc) is 2.63. The summed E-state index contributed by atoms with van der Waals surface area (Å²) >= 11 is 11.9. The molecule has 0 spiro atoms. The van der Waals surface area contributed by atoms with Crippen LogP contribution in [-0.2, 0) is 14.9 Å². The number of terminal acetylenes is 1. The highest BCUT2D eigenvalue weighted by molar-refractivity contribution is 6.35. The van der Waals surface area contributed by atoms with Gasteiger partial charge in [-0.05, 0) is 19.3 Å². The van der Waals surface area contributed by atoms with E-state index in [0.29, 0.717) is 0 Å². The largest absolute Gasteiger partial charge is 0.495 e. The quantitative estimate of drug-likeness (QED) is 0.0811. The fraction of sp³-hybridized carbons (Fsp3) is 0.350. The molecular formula is C20H20Cl2N2O7. The van der Waals surface area contributed by atoms with Gasteiger partial charge in [-0.1, -0.05) is 49.9 Å². The van der Waals surface area contributed by atoms with Crippen LogP contribution in [0.3, 0.4) is 0 Å². The van der Waals surface area contributed by atoms with Gasteiger partial charge in [-0.15, -0.1) is 6.42 Å². The summed E-state index contributed by atoms with van der Waals surface area (Å²) in [6.07, 6.45) is 5.30. The number of allylic oxidation sites excluding steroid dienone is 2. The van der Waals surface area contributed by atoms with Crippen molar-refractivity contribution < 1.29 is 24.1 Å². The normalized spacial score (nSPS) is 12.9. The van der Waals surface area contributed by atoms with E-state index in [1.807, 2.05) is 0 Å². The van der Waals surface area contributed by atoms with Crippen LogP contribution in [-0.4, -0.2) is 22.9 Å². The van der Waals surface area contributed by atoms with Crippen LogP contribution in [0.25, 0.3) is 0 Å². The number of carbonyl (C=O) groups is 1. The van der Waals surface area contributed by atoms with Crippen molar-refractivity contribution in [2.24, 2.45) is 0 Å². The first-order chi connectivity index (χ1) is 14.2. The number of nitro benzene ring substituents is 2. The molecule has 0 aliphatic rings. The molecule has 31 heavy (non-hydrogen) atoms. The molecule has 0 bridgehead atoms. The molecule has 0 unspecified atom stereocenters. The topological polar surface area (TPSA) is 122 Å². The molecule has 1 aromatic carbocycles. The summed E-state index contributed by atoms with van der Waals surface area (Å²) in [4.78, 5) is 34.7. The molecule has 0 heterocycles. The molecule has 0 aliphatic heterocycles. The maximum absolute atomic E-state index is 13.0. The third kappa shape index (κ3) is 5.54. The van der Waals surface area contributed by atoms with Gasteiger partial charge >= 0.3 is 11.7 Å². The van der Waals surface area contributed by atoms with Crippen LogP contribution in [0.15, 0.2) is 27.5 Å². The van der Waals surface area contributed by atoms with Crippen molar-refractivity contribution in [2.45, 2.75) is 40.0 Å². The first-order valence-electron chi connectivity index (χ1n) is 8.65. The Morgan fingerprint density at radius 3 is 2.10 bits per heavy atom. The maximum atomic E-state index is 13.0. The number of methoxy groups -OCH3 is 1. The van der Waals surface area contributed by atoms with E-state index < -0.39 is 49.0 Å². The van der Waals surface area contributed by atoms with Gasteiger partial charge in [-0.2, -0.15) is 0 Å². The lowest BCUT2D eigenvalue weighted by atomic mass is 9.84. The number of nitrogens with zero attached hydrogens (tertiary/aromatic N) is 2. The van der Waals surface area contributed by atoms with Gasteiger partial charge in [0.1, 0.15) is 21.9 Å². The number of hydrogen-bond acceptors (Lipinski definition) is 7. The molecule has 0 saturated heterocycles. The Morgan fingerprint density at radius 1 is 1.19 bits per heavy atom. The van der Waals surface area contributed by atoms with E-state index >= 15 is 0 Å². The van der Waals surface area contributed by atoms with Crippen molar-refractivity contribution in [2.75, 3.05) is 7.11 Å². The van der Waals surface area contributed by atoms with Crippen LogP contribution in [0.1, 0.15) is 38.8 Å². The van der Waals surface area contributed by atoms with Crippen LogP contribution in [0.4, 0.5) is 11.4 Å². The van der Waals surface area contributed by atoms with Crippen molar-refractivity contribution >= 4 is 40.5 Å². The van der Waals surface area contributed by atoms with Crippen molar-refractivity contribution in [1.82, 2.24) is 0 Å². The minimum atomic E-state index is -1.18. The zero-order valence-corrected chi connectivity index (χ0v) is 19.2. The highest BCUT2D eigenvalue weighted by atomic mass is 35.5. The zero-order valence-electron chi connectivity index (χ0n) is 17.7. The van der Waals surface area contributed by atoms with Crippen LogP contribution in [0.2, 0.25) is 0 Å². The molecule has 1 aromatic rings. The molecule has 0 amide bonds. The Hall–Kier alpha value is -3.09. The van der Waals surface area contributed by atoms with Gasteiger partial charge < -0.3 is 9.47 Å². The number of nitro groups is 2. The van der Waals surface area contributed by atoms with E-state index in [1.165, 1.54) is 21.0 Å². The van der Waals surface area contributed by atoms with E-state index in [4.69, 9.17) is 39.1 Å². The van der Waals surface area contributed by atoms with Gasteiger partial charge in [0.2, 0.25) is 5.75 Å². The van der Waals surface area contributed by atoms with E-state index in [-0.39, 0.29) is 21.9 Å². The fourth-order valence-corrected chi connectivity index (χ4v) is 3.05. The monoisotopic (exact) mass is 470 g/mol. The Bertz CT molecular complexity index is 1060. The van der Waals surface area contributed by atoms with Crippen molar-refractivity contribution in [1.29, 1.82) is 0 Å². The fourth-order valence-electron chi connectivity index (χ4n) is 2.71. The Kier molecular flexibility index (Phi) is 8.21. The molecule has 0 radical (unpaired) electrons. The number of benzene rings is 1. The summed E-state index contributed by atoms with van der Waals surface area (Å²) in [6, 6.07) is 1.14. The lowest BCUT2D eigenvalue weighted by Gasteiger charge is -2.23.